The maximum absolute atomic E-state index is 9.59. The zero-order valence-electron chi connectivity index (χ0n) is 3.59. The second kappa shape index (κ2) is 3.61. The van der Waals surface area contributed by atoms with E-state index in [9.17, 15) is 9.59 Å². The molecule has 0 unspecified atom stereocenters. The first-order valence-corrected chi connectivity index (χ1v) is 2.13. The van der Waals surface area contributed by atoms with Gasteiger partial charge in [-0.05, 0) is 0 Å². The molecule has 0 radical (unpaired) electrons. The molecule has 7 heavy (non-hydrogen) atoms. The van der Waals surface area contributed by atoms with E-state index >= 15 is 0 Å². The highest BCUT2D eigenvalue weighted by Crippen LogP contribution is 1.74. The van der Waals surface area contributed by atoms with Crippen molar-refractivity contribution < 1.29 is 9.59 Å². The molecule has 3 heteroatoms. The largest absolute Gasteiger partial charge is 0.303 e. The van der Waals surface area contributed by atoms with Gasteiger partial charge in [0.25, 0.3) is 0 Å². The maximum Gasteiger partial charge on any atom is 0.157 e. The van der Waals surface area contributed by atoms with Crippen LogP contribution < -0.4 is 0 Å². The average Bonchev–Trinajstić information content (AvgIpc) is 1.68. The minimum atomic E-state index is 0.0822. The highest BCUT2D eigenvalue weighted by Gasteiger charge is 1.86. The molecule has 0 saturated carbocycles. The molecular weight excluding hydrogens is 112 g/mol. The zero-order chi connectivity index (χ0) is 5.70. The van der Waals surface area contributed by atoms with E-state index in [1.165, 1.54) is 0 Å². The van der Waals surface area contributed by atoms with Crippen molar-refractivity contribution in [1.29, 1.82) is 0 Å². The molecule has 0 aromatic heterocycles. The number of hydrogen-bond acceptors (Lipinski definition) is 3. The fourth-order valence-corrected chi connectivity index (χ4v) is 0.198. The summed E-state index contributed by atoms with van der Waals surface area (Å²) in [6.45, 7) is 0. The van der Waals surface area contributed by atoms with Crippen LogP contribution in [0, 0.1) is 0 Å². The lowest BCUT2D eigenvalue weighted by Gasteiger charge is -1.75. The molecule has 0 aromatic rings. The monoisotopic (exact) mass is 116 g/mol. The van der Waals surface area contributed by atoms with Crippen molar-refractivity contribution in [3.05, 3.63) is 0 Å². The van der Waals surface area contributed by atoms with E-state index in [4.69, 9.17) is 0 Å². The molecule has 0 bridgehead atoms. The Morgan fingerprint density at radius 1 is 1.57 bits per heavy atom. The van der Waals surface area contributed by atoms with Gasteiger partial charge in [-0.15, -0.1) is 0 Å². The van der Waals surface area contributed by atoms with E-state index < -0.39 is 0 Å². The van der Waals surface area contributed by atoms with Gasteiger partial charge in [0.1, 0.15) is 6.29 Å². The van der Waals surface area contributed by atoms with Crippen LogP contribution in [-0.4, -0.2) is 17.4 Å². The molecule has 2 nitrogen and oxygen atoms in total. The minimum Gasteiger partial charge on any atom is -0.303 e. The van der Waals surface area contributed by atoms with Crippen LogP contribution in [0.25, 0.3) is 0 Å². The number of thiocarbonyl (C=S) groups is 1. The van der Waals surface area contributed by atoms with Gasteiger partial charge >= 0.3 is 0 Å². The molecule has 0 aromatic carbocycles. The Bertz CT molecular complexity index is 97.9. The van der Waals surface area contributed by atoms with Gasteiger partial charge < -0.3 is 4.79 Å². The topological polar surface area (TPSA) is 34.1 Å². The first kappa shape index (κ1) is 6.43. The molecule has 0 spiro atoms. The molecule has 0 amide bonds. The van der Waals surface area contributed by atoms with Gasteiger partial charge in [0.05, 0.1) is 4.86 Å². The minimum absolute atomic E-state index is 0.0822. The standard InChI is InChI=1S/C4H4O2S/c5-2-1-4(7)3-6/h2-3H,1H2. The molecule has 0 heterocycles. The van der Waals surface area contributed by atoms with Gasteiger partial charge in [-0.2, -0.15) is 0 Å². The summed E-state index contributed by atoms with van der Waals surface area (Å²) in [7, 11) is 0. The highest BCUT2D eigenvalue weighted by molar-refractivity contribution is 7.81. The number of carbonyl (C=O) groups excluding carboxylic acids is 2. The van der Waals surface area contributed by atoms with Crippen LogP contribution in [0.1, 0.15) is 6.42 Å². The second-order valence-corrected chi connectivity index (χ2v) is 1.48. The smallest absolute Gasteiger partial charge is 0.157 e. The molecule has 0 rings (SSSR count). The maximum atomic E-state index is 9.59. The third kappa shape index (κ3) is 3.26. The fraction of sp³-hybridized carbons (Fsp3) is 0.250. The van der Waals surface area contributed by atoms with E-state index in [0.717, 1.165) is 0 Å². The summed E-state index contributed by atoms with van der Waals surface area (Å²) >= 11 is 4.36. The lowest BCUT2D eigenvalue weighted by Crippen LogP contribution is -1.94. The molecule has 0 atom stereocenters. The van der Waals surface area contributed by atoms with E-state index in [1.54, 1.807) is 0 Å². The Morgan fingerprint density at radius 3 is 2.29 bits per heavy atom. The van der Waals surface area contributed by atoms with E-state index in [-0.39, 0.29) is 11.3 Å². The summed E-state index contributed by atoms with van der Waals surface area (Å²) < 4.78 is 0. The van der Waals surface area contributed by atoms with Crippen molar-refractivity contribution in [2.75, 3.05) is 0 Å². The molecule has 0 aliphatic rings. The third-order valence-corrected chi connectivity index (χ3v) is 0.679. The van der Waals surface area contributed by atoms with Crippen molar-refractivity contribution in [2.45, 2.75) is 6.42 Å². The predicted molar refractivity (Wildman–Crippen MR) is 29.3 cm³/mol. The normalized spacial score (nSPS) is 7.43. The quantitative estimate of drug-likeness (QED) is 0.388. The van der Waals surface area contributed by atoms with Crippen molar-refractivity contribution >= 4 is 29.7 Å². The van der Waals surface area contributed by atoms with Crippen LogP contribution in [0.2, 0.25) is 0 Å². The molecule has 38 valence electrons. The summed E-state index contributed by atoms with van der Waals surface area (Å²) in [6, 6.07) is 0. The first-order chi connectivity index (χ1) is 3.31. The molecule has 0 fully saturated rings. The first-order valence-electron chi connectivity index (χ1n) is 1.73. The van der Waals surface area contributed by atoms with Gasteiger partial charge in [-0.25, -0.2) is 0 Å². The van der Waals surface area contributed by atoms with Crippen LogP contribution in [0.5, 0.6) is 0 Å². The zero-order valence-corrected chi connectivity index (χ0v) is 4.40. The Kier molecular flexibility index (Phi) is 3.32. The average molecular weight is 116 g/mol. The Balaban J connectivity index is 3.36. The predicted octanol–water partition coefficient (Wildman–Crippen LogP) is 0.144. The molecular formula is C4H4O2S. The highest BCUT2D eigenvalue weighted by atomic mass is 32.1. The number of carbonyl (C=O) groups is 2. The van der Waals surface area contributed by atoms with Crippen molar-refractivity contribution in [3.8, 4) is 0 Å². The molecule has 0 aliphatic carbocycles. The van der Waals surface area contributed by atoms with E-state index in [2.05, 4.69) is 12.2 Å². The van der Waals surface area contributed by atoms with E-state index in [0.29, 0.717) is 12.6 Å². The second-order valence-electron chi connectivity index (χ2n) is 0.955. The van der Waals surface area contributed by atoms with Gasteiger partial charge in [0.2, 0.25) is 0 Å². The fourth-order valence-electron chi connectivity index (χ4n) is 0.130. The van der Waals surface area contributed by atoms with Crippen LogP contribution in [0.3, 0.4) is 0 Å². The van der Waals surface area contributed by atoms with Crippen LogP contribution in [0.4, 0.5) is 0 Å². The number of rotatable bonds is 3. The van der Waals surface area contributed by atoms with Crippen molar-refractivity contribution in [2.24, 2.45) is 0 Å². The van der Waals surface area contributed by atoms with Crippen LogP contribution in [0.15, 0.2) is 0 Å². The van der Waals surface area contributed by atoms with Gasteiger partial charge in [-0.1, -0.05) is 12.2 Å². The summed E-state index contributed by atoms with van der Waals surface area (Å²) in [6.07, 6.45) is 1.19. The van der Waals surface area contributed by atoms with Crippen LogP contribution >= 0.6 is 12.2 Å². The molecule has 0 saturated heterocycles. The summed E-state index contributed by atoms with van der Waals surface area (Å²) in [5, 5.41) is 0. The molecule has 0 N–H and O–H groups in total. The summed E-state index contributed by atoms with van der Waals surface area (Å²) in [4.78, 5) is 19.3. The lowest BCUT2D eigenvalue weighted by atomic mass is 10.4. The van der Waals surface area contributed by atoms with Crippen molar-refractivity contribution in [1.82, 2.24) is 0 Å². The SMILES string of the molecule is O=CCC(=S)C=O. The van der Waals surface area contributed by atoms with Gasteiger partial charge in [0.15, 0.2) is 6.29 Å². The summed E-state index contributed by atoms with van der Waals surface area (Å²) in [5.74, 6) is 0. The van der Waals surface area contributed by atoms with Gasteiger partial charge in [-0.3, -0.25) is 4.79 Å². The summed E-state index contributed by atoms with van der Waals surface area (Å²) in [5.41, 5.74) is 0. The Morgan fingerprint density at radius 2 is 2.14 bits per heavy atom. The van der Waals surface area contributed by atoms with Crippen LogP contribution in [-0.2, 0) is 9.59 Å². The third-order valence-electron chi connectivity index (χ3n) is 0.416. The van der Waals surface area contributed by atoms with Gasteiger partial charge in [0, 0.05) is 6.42 Å². The number of hydrogen-bond donors (Lipinski definition) is 0. The Labute approximate surface area is 46.5 Å². The van der Waals surface area contributed by atoms with Crippen molar-refractivity contribution in [3.63, 3.8) is 0 Å². The van der Waals surface area contributed by atoms with E-state index in [1.807, 2.05) is 0 Å². The Hall–Kier alpha value is -0.570. The number of aldehydes is 2. The molecule has 0 aliphatic heterocycles. The lowest BCUT2D eigenvalue weighted by molar-refractivity contribution is -0.108.